The summed E-state index contributed by atoms with van der Waals surface area (Å²) in [5.74, 6) is -3.06. The van der Waals surface area contributed by atoms with Gasteiger partial charge in [-0.05, 0) is 50.5 Å². The lowest BCUT2D eigenvalue weighted by molar-refractivity contribution is -0.274. The van der Waals surface area contributed by atoms with Crippen LogP contribution in [0.4, 0.5) is 27.6 Å². The Hall–Kier alpha value is -3.14. The maximum absolute atomic E-state index is 15.1. The fourth-order valence-electron chi connectivity index (χ4n) is 4.50. The molecule has 1 aliphatic heterocycles. The Morgan fingerprint density at radius 2 is 1.71 bits per heavy atom. The minimum absolute atomic E-state index is 0.0458. The van der Waals surface area contributed by atoms with Gasteiger partial charge in [-0.1, -0.05) is 48.8 Å². The number of hydrogen-bond donors (Lipinski definition) is 0. The molecule has 0 radical (unpaired) electrons. The molecule has 5 rings (SSSR count). The predicted octanol–water partition coefficient (Wildman–Crippen LogP) is 7.88. The number of halogens is 5. The number of alkyl halides is 5. The summed E-state index contributed by atoms with van der Waals surface area (Å²) in [5.41, 5.74) is 2.31. The second-order valence-electron chi connectivity index (χ2n) is 9.30. The second-order valence-corrected chi connectivity index (χ2v) is 9.30. The molecule has 38 heavy (non-hydrogen) atoms. The van der Waals surface area contributed by atoms with E-state index in [0.717, 1.165) is 24.1 Å². The van der Waals surface area contributed by atoms with Crippen molar-refractivity contribution in [2.45, 2.75) is 70.9 Å². The quantitative estimate of drug-likeness (QED) is 0.287. The van der Waals surface area contributed by atoms with Gasteiger partial charge in [0, 0.05) is 29.3 Å². The number of aromatic nitrogens is 1. The van der Waals surface area contributed by atoms with Crippen LogP contribution in [0, 0.1) is 6.92 Å². The van der Waals surface area contributed by atoms with Gasteiger partial charge in [0.25, 0.3) is 5.92 Å². The average molecular weight is 539 g/mol. The molecule has 0 bridgehead atoms. The lowest BCUT2D eigenvalue weighted by atomic mass is 10.0. The van der Waals surface area contributed by atoms with Crippen LogP contribution < -0.4 is 9.64 Å². The van der Waals surface area contributed by atoms with E-state index in [1.807, 2.05) is 45.0 Å². The number of para-hydroxylation sites is 1. The maximum Gasteiger partial charge on any atom is 0.573 e. The van der Waals surface area contributed by atoms with Crippen molar-refractivity contribution in [2.75, 3.05) is 18.0 Å². The van der Waals surface area contributed by atoms with Crippen LogP contribution in [-0.2, 0) is 11.3 Å². The summed E-state index contributed by atoms with van der Waals surface area (Å²) in [6.45, 7) is 5.57. The fourth-order valence-corrected chi connectivity index (χ4v) is 4.50. The van der Waals surface area contributed by atoms with Gasteiger partial charge >= 0.3 is 6.36 Å². The molecular formula is C28H31F5N2O3. The first kappa shape index (κ1) is 27.9. The minimum Gasteiger partial charge on any atom is -0.405 e. The summed E-state index contributed by atoms with van der Waals surface area (Å²) in [5, 5.41) is 4.00. The molecule has 0 N–H and O–H groups in total. The first-order valence-electron chi connectivity index (χ1n) is 12.8. The van der Waals surface area contributed by atoms with Crippen LogP contribution >= 0.6 is 0 Å². The van der Waals surface area contributed by atoms with E-state index >= 15 is 8.78 Å². The molecule has 0 spiro atoms. The van der Waals surface area contributed by atoms with E-state index in [1.165, 1.54) is 18.2 Å². The molecule has 2 aromatic carbocycles. The number of piperidine rings is 1. The van der Waals surface area contributed by atoms with Crippen molar-refractivity contribution in [1.29, 1.82) is 0 Å². The molecule has 1 aliphatic carbocycles. The Labute approximate surface area is 218 Å². The largest absolute Gasteiger partial charge is 0.573 e. The zero-order chi connectivity index (χ0) is 27.5. The lowest BCUT2D eigenvalue weighted by Gasteiger charge is -2.39. The van der Waals surface area contributed by atoms with Crippen molar-refractivity contribution < 1.29 is 35.9 Å². The minimum atomic E-state index is -4.90. The molecular weight excluding hydrogens is 507 g/mol. The van der Waals surface area contributed by atoms with Crippen LogP contribution in [0.5, 0.6) is 5.75 Å². The normalized spacial score (nSPS) is 19.1. The molecule has 206 valence electrons. The van der Waals surface area contributed by atoms with Crippen LogP contribution in [0.3, 0.4) is 0 Å². The van der Waals surface area contributed by atoms with Gasteiger partial charge in [0.1, 0.15) is 23.3 Å². The summed E-state index contributed by atoms with van der Waals surface area (Å²) in [7, 11) is 0. The highest BCUT2D eigenvalue weighted by molar-refractivity contribution is 5.70. The monoisotopic (exact) mass is 538 g/mol. The first-order chi connectivity index (χ1) is 18.1. The zero-order valence-corrected chi connectivity index (χ0v) is 21.5. The molecule has 3 aromatic rings. The molecule has 1 saturated heterocycles. The Bertz CT molecular complexity index is 1210. The van der Waals surface area contributed by atoms with E-state index < -0.39 is 30.7 Å². The van der Waals surface area contributed by atoms with E-state index in [4.69, 9.17) is 9.26 Å². The van der Waals surface area contributed by atoms with Crippen LogP contribution in [0.15, 0.2) is 53.1 Å². The van der Waals surface area contributed by atoms with Crippen molar-refractivity contribution in [3.63, 3.8) is 0 Å². The highest BCUT2D eigenvalue weighted by Crippen LogP contribution is 2.46. The van der Waals surface area contributed by atoms with Gasteiger partial charge in [0.15, 0.2) is 0 Å². The molecule has 10 heteroatoms. The highest BCUT2D eigenvalue weighted by atomic mass is 19.4. The molecule has 1 unspecified atom stereocenters. The summed E-state index contributed by atoms with van der Waals surface area (Å²) in [6, 6.07) is 12.9. The molecule has 1 aromatic heterocycles. The molecule has 1 saturated carbocycles. The number of aryl methyl sites for hydroxylation is 1. The number of ether oxygens (including phenoxy) is 2. The van der Waals surface area contributed by atoms with Crippen molar-refractivity contribution in [3.8, 4) is 17.0 Å². The molecule has 5 nitrogen and oxygen atoms in total. The van der Waals surface area contributed by atoms with Crippen molar-refractivity contribution >= 4 is 5.69 Å². The van der Waals surface area contributed by atoms with Crippen molar-refractivity contribution in [1.82, 2.24) is 5.16 Å². The highest BCUT2D eigenvalue weighted by Gasteiger charge is 2.46. The summed E-state index contributed by atoms with van der Waals surface area (Å²) < 4.78 is 84.4. The van der Waals surface area contributed by atoms with Gasteiger partial charge in [-0.2, -0.15) is 0 Å². The molecule has 2 heterocycles. The van der Waals surface area contributed by atoms with E-state index in [2.05, 4.69) is 9.89 Å². The number of rotatable bonds is 7. The van der Waals surface area contributed by atoms with Crippen LogP contribution in [0.2, 0.25) is 0 Å². The first-order valence-corrected chi connectivity index (χ1v) is 12.8. The van der Waals surface area contributed by atoms with E-state index in [0.29, 0.717) is 17.9 Å². The molecule has 2 fully saturated rings. The summed E-state index contributed by atoms with van der Waals surface area (Å²) in [4.78, 5) is 1.63. The topological polar surface area (TPSA) is 47.7 Å². The maximum atomic E-state index is 15.1. The van der Waals surface area contributed by atoms with E-state index in [1.54, 1.807) is 11.0 Å². The standard InChI is InChI=1S/C26H25F5N2O3.C2H6/c1-16-6-10-18(11-7-16)33-13-12-22(25(27,28)15-33)34-14-20-23(32-36-24(20)17-8-9-17)19-4-2-3-5-21(19)35-26(29,30)31;1-2/h2-7,10-11,17,22H,8-9,12-15H2,1H3;1-2H3. The Morgan fingerprint density at radius 1 is 1.03 bits per heavy atom. The Balaban J connectivity index is 0.00000164. The third-order valence-corrected chi connectivity index (χ3v) is 6.50. The third kappa shape index (κ3) is 6.46. The lowest BCUT2D eigenvalue weighted by Crippen LogP contribution is -2.52. The third-order valence-electron chi connectivity index (χ3n) is 6.50. The fraction of sp³-hybridized carbons (Fsp3) is 0.464. The van der Waals surface area contributed by atoms with Gasteiger partial charge < -0.3 is 18.9 Å². The summed E-state index contributed by atoms with van der Waals surface area (Å²) in [6.07, 6.45) is -4.51. The summed E-state index contributed by atoms with van der Waals surface area (Å²) >= 11 is 0. The van der Waals surface area contributed by atoms with Gasteiger partial charge in [-0.15, -0.1) is 13.2 Å². The zero-order valence-electron chi connectivity index (χ0n) is 21.5. The molecule has 2 aliphatic rings. The number of nitrogens with zero attached hydrogens (tertiary/aromatic N) is 2. The predicted molar refractivity (Wildman–Crippen MR) is 133 cm³/mol. The van der Waals surface area contributed by atoms with Gasteiger partial charge in [-0.25, -0.2) is 8.78 Å². The van der Waals surface area contributed by atoms with Gasteiger partial charge in [-0.3, -0.25) is 0 Å². The van der Waals surface area contributed by atoms with Crippen LogP contribution in [0.25, 0.3) is 11.3 Å². The number of anilines is 1. The van der Waals surface area contributed by atoms with Crippen LogP contribution in [-0.4, -0.2) is 36.6 Å². The van der Waals surface area contributed by atoms with Crippen molar-refractivity contribution in [3.05, 3.63) is 65.4 Å². The van der Waals surface area contributed by atoms with E-state index in [-0.39, 0.29) is 30.2 Å². The van der Waals surface area contributed by atoms with Crippen molar-refractivity contribution in [2.24, 2.45) is 0 Å². The number of hydrogen-bond acceptors (Lipinski definition) is 5. The van der Waals surface area contributed by atoms with Gasteiger partial charge in [0.05, 0.1) is 13.2 Å². The molecule has 1 atom stereocenters. The van der Waals surface area contributed by atoms with E-state index in [9.17, 15) is 13.2 Å². The Kier molecular flexibility index (Phi) is 8.30. The number of benzene rings is 2. The smallest absolute Gasteiger partial charge is 0.405 e. The average Bonchev–Trinajstić information content (AvgIpc) is 3.63. The van der Waals surface area contributed by atoms with Gasteiger partial charge in [0.2, 0.25) is 0 Å². The molecule has 0 amide bonds. The van der Waals surface area contributed by atoms with Crippen LogP contribution in [0.1, 0.15) is 55.9 Å². The SMILES string of the molecule is CC.Cc1ccc(N2CCC(OCc3c(-c4ccccc4OC(F)(F)F)noc3C3CC3)C(F)(F)C2)cc1. The Morgan fingerprint density at radius 3 is 2.34 bits per heavy atom. The second kappa shape index (κ2) is 11.3.